The number of hydrogen-bond donors (Lipinski definition) is 1. The van der Waals surface area contributed by atoms with Gasteiger partial charge in [-0.25, -0.2) is 8.78 Å². The van der Waals surface area contributed by atoms with Gasteiger partial charge in [-0.1, -0.05) is 37.9 Å². The summed E-state index contributed by atoms with van der Waals surface area (Å²) in [6.07, 6.45) is 8.54. The fourth-order valence-corrected chi connectivity index (χ4v) is 6.46. The molecule has 0 saturated heterocycles. The summed E-state index contributed by atoms with van der Waals surface area (Å²) in [7, 11) is 0. The van der Waals surface area contributed by atoms with Crippen molar-refractivity contribution in [2.24, 2.45) is 0 Å². The normalized spacial score (nSPS) is 16.6. The van der Waals surface area contributed by atoms with Crippen LogP contribution in [0.2, 0.25) is 0 Å². The topological polar surface area (TPSA) is 61.9 Å². The standard InChI is InChI=1S/C33H24Br2F2N4O/c1-20-8-24(4-6-38-20)32-30-13-23(2-3-31(30)39-40-32)25-5-7-41(18-22-10-27(35)15-29(37)12-22)33(17-25,19-42)16-21-9-26(34)14-28(36)11-21/h2-15,17,19H,16,18H2,1H3,(H,39,40). The van der Waals surface area contributed by atoms with E-state index in [9.17, 15) is 13.6 Å². The largest absolute Gasteiger partial charge is 0.357 e. The first kappa shape index (κ1) is 28.2. The lowest BCUT2D eigenvalue weighted by molar-refractivity contribution is -0.115. The second-order valence-corrected chi connectivity index (χ2v) is 12.2. The molecular weight excluding hydrogens is 666 g/mol. The number of carbonyl (C=O) groups is 1. The van der Waals surface area contributed by atoms with Crippen molar-refractivity contribution in [3.05, 3.63) is 134 Å². The second-order valence-electron chi connectivity index (χ2n) is 10.4. The highest BCUT2D eigenvalue weighted by atomic mass is 79.9. The van der Waals surface area contributed by atoms with Crippen LogP contribution in [0.1, 0.15) is 22.4 Å². The first-order valence-corrected chi connectivity index (χ1v) is 14.8. The van der Waals surface area contributed by atoms with Crippen LogP contribution in [0.3, 0.4) is 0 Å². The van der Waals surface area contributed by atoms with Gasteiger partial charge in [0.1, 0.15) is 29.2 Å². The number of benzene rings is 3. The third-order valence-electron chi connectivity index (χ3n) is 7.33. The van der Waals surface area contributed by atoms with Crippen LogP contribution in [0.4, 0.5) is 8.78 Å². The van der Waals surface area contributed by atoms with Crippen LogP contribution < -0.4 is 0 Å². The van der Waals surface area contributed by atoms with Gasteiger partial charge in [0, 0.05) is 51.0 Å². The molecule has 1 unspecified atom stereocenters. The van der Waals surface area contributed by atoms with Gasteiger partial charge >= 0.3 is 0 Å². The van der Waals surface area contributed by atoms with E-state index in [1.807, 2.05) is 66.6 Å². The van der Waals surface area contributed by atoms with E-state index in [1.54, 1.807) is 12.3 Å². The second kappa shape index (κ2) is 11.4. The zero-order chi connectivity index (χ0) is 29.4. The Labute approximate surface area is 258 Å². The number of aromatic amines is 1. The van der Waals surface area contributed by atoms with Gasteiger partial charge in [0.2, 0.25) is 0 Å². The maximum absolute atomic E-state index is 14.4. The van der Waals surface area contributed by atoms with Crippen molar-refractivity contribution < 1.29 is 13.6 Å². The fourth-order valence-electron chi connectivity index (χ4n) is 5.43. The Bertz CT molecular complexity index is 1860. The maximum Gasteiger partial charge on any atom is 0.149 e. The summed E-state index contributed by atoms with van der Waals surface area (Å²) in [6, 6.07) is 19.2. The maximum atomic E-state index is 14.4. The molecule has 0 fully saturated rings. The molecule has 42 heavy (non-hydrogen) atoms. The minimum Gasteiger partial charge on any atom is -0.357 e. The van der Waals surface area contributed by atoms with E-state index in [4.69, 9.17) is 0 Å². The lowest BCUT2D eigenvalue weighted by Gasteiger charge is -2.40. The monoisotopic (exact) mass is 688 g/mol. The molecule has 0 spiro atoms. The summed E-state index contributed by atoms with van der Waals surface area (Å²) >= 11 is 6.73. The van der Waals surface area contributed by atoms with Gasteiger partial charge in [-0.2, -0.15) is 5.10 Å². The van der Waals surface area contributed by atoms with Crippen molar-refractivity contribution in [3.63, 3.8) is 0 Å². The Morgan fingerprint density at radius 3 is 2.38 bits per heavy atom. The fraction of sp³-hybridized carbons (Fsp3) is 0.121. The molecule has 3 aromatic carbocycles. The van der Waals surface area contributed by atoms with Gasteiger partial charge < -0.3 is 9.69 Å². The van der Waals surface area contributed by atoms with E-state index in [2.05, 4.69) is 47.0 Å². The highest BCUT2D eigenvalue weighted by molar-refractivity contribution is 9.10. The molecule has 0 bridgehead atoms. The van der Waals surface area contributed by atoms with Gasteiger partial charge in [-0.3, -0.25) is 10.1 Å². The van der Waals surface area contributed by atoms with Crippen LogP contribution in [-0.4, -0.2) is 31.9 Å². The average Bonchev–Trinajstić information content (AvgIpc) is 3.36. The van der Waals surface area contributed by atoms with Gasteiger partial charge in [-0.15, -0.1) is 0 Å². The number of nitrogens with one attached hydrogen (secondary N) is 1. The molecule has 5 nitrogen and oxygen atoms in total. The zero-order valence-electron chi connectivity index (χ0n) is 22.4. The quantitative estimate of drug-likeness (QED) is 0.175. The van der Waals surface area contributed by atoms with Crippen LogP contribution in [0, 0.1) is 18.6 Å². The van der Waals surface area contributed by atoms with Crippen molar-refractivity contribution in [2.45, 2.75) is 25.4 Å². The molecule has 0 radical (unpaired) electrons. The predicted octanol–water partition coefficient (Wildman–Crippen LogP) is 8.33. The molecule has 1 aliphatic rings. The van der Waals surface area contributed by atoms with E-state index in [-0.39, 0.29) is 18.8 Å². The van der Waals surface area contributed by atoms with E-state index in [1.165, 1.54) is 24.3 Å². The Hall–Kier alpha value is -3.95. The molecule has 1 N–H and O–H groups in total. The molecule has 2 aromatic heterocycles. The van der Waals surface area contributed by atoms with Gasteiger partial charge in [-0.05, 0) is 102 Å². The summed E-state index contributed by atoms with van der Waals surface area (Å²) in [6.45, 7) is 2.20. The number of nitrogens with zero attached hydrogens (tertiary/aromatic N) is 3. The number of rotatable bonds is 7. The number of fused-ring (bicyclic) bond motifs is 1. The molecule has 0 amide bonds. The number of carbonyl (C=O) groups excluding carboxylic acids is 1. The van der Waals surface area contributed by atoms with Crippen LogP contribution in [0.5, 0.6) is 0 Å². The summed E-state index contributed by atoms with van der Waals surface area (Å²) in [5, 5.41) is 8.59. The van der Waals surface area contributed by atoms with E-state index in [0.717, 1.165) is 45.3 Å². The number of aldehydes is 1. The van der Waals surface area contributed by atoms with E-state index in [0.29, 0.717) is 20.1 Å². The van der Waals surface area contributed by atoms with E-state index < -0.39 is 11.4 Å². The number of allylic oxidation sites excluding steroid dienone is 2. The third-order valence-corrected chi connectivity index (χ3v) is 8.25. The highest BCUT2D eigenvalue weighted by Crippen LogP contribution is 2.36. The lowest BCUT2D eigenvalue weighted by Crippen LogP contribution is -2.48. The SMILES string of the molecule is Cc1cc(-c2n[nH]c3ccc(C4=CC(C=O)(Cc5cc(F)cc(Br)c5)N(Cc5cc(F)cc(Br)c5)C=C4)cc23)ccn1. The van der Waals surface area contributed by atoms with Crippen LogP contribution in [0.15, 0.2) is 100 Å². The van der Waals surface area contributed by atoms with Gasteiger partial charge in [0.15, 0.2) is 0 Å². The van der Waals surface area contributed by atoms with Crippen molar-refractivity contribution in [1.82, 2.24) is 20.1 Å². The predicted molar refractivity (Wildman–Crippen MR) is 167 cm³/mol. The first-order valence-electron chi connectivity index (χ1n) is 13.2. The number of hydrogen-bond acceptors (Lipinski definition) is 4. The van der Waals surface area contributed by atoms with Crippen molar-refractivity contribution >= 4 is 54.6 Å². The highest BCUT2D eigenvalue weighted by Gasteiger charge is 2.36. The van der Waals surface area contributed by atoms with Crippen molar-refractivity contribution in [3.8, 4) is 11.3 Å². The van der Waals surface area contributed by atoms with Crippen LogP contribution in [-0.2, 0) is 17.8 Å². The Morgan fingerprint density at radius 1 is 0.929 bits per heavy atom. The minimum absolute atomic E-state index is 0.201. The van der Waals surface area contributed by atoms with Gasteiger partial charge in [0.05, 0.1) is 5.52 Å². The molecule has 1 atom stereocenters. The van der Waals surface area contributed by atoms with Crippen molar-refractivity contribution in [1.29, 1.82) is 0 Å². The molecule has 9 heteroatoms. The lowest BCUT2D eigenvalue weighted by atomic mass is 9.84. The van der Waals surface area contributed by atoms with E-state index >= 15 is 0 Å². The minimum atomic E-state index is -1.17. The van der Waals surface area contributed by atoms with Crippen molar-refractivity contribution in [2.75, 3.05) is 0 Å². The summed E-state index contributed by atoms with van der Waals surface area (Å²) in [5.41, 5.74) is 5.41. The number of halogens is 4. The Morgan fingerprint density at radius 2 is 1.67 bits per heavy atom. The van der Waals surface area contributed by atoms with Crippen LogP contribution in [0.25, 0.3) is 27.7 Å². The molecule has 210 valence electrons. The Balaban J connectivity index is 1.44. The molecular formula is C33H24Br2F2N4O. The van der Waals surface area contributed by atoms with Gasteiger partial charge in [0.25, 0.3) is 0 Å². The number of aryl methyl sites for hydroxylation is 1. The Kier molecular flexibility index (Phi) is 7.64. The number of pyridine rings is 1. The molecule has 6 rings (SSSR count). The molecule has 3 heterocycles. The molecule has 0 saturated carbocycles. The number of aromatic nitrogens is 3. The zero-order valence-corrected chi connectivity index (χ0v) is 25.6. The summed E-state index contributed by atoms with van der Waals surface area (Å²) in [4.78, 5) is 19.2. The molecule has 5 aromatic rings. The summed E-state index contributed by atoms with van der Waals surface area (Å²) in [5.74, 6) is -0.781. The number of H-pyrrole nitrogens is 1. The van der Waals surface area contributed by atoms with Crippen LogP contribution >= 0.6 is 31.9 Å². The first-order chi connectivity index (χ1) is 20.2. The smallest absolute Gasteiger partial charge is 0.149 e. The molecule has 1 aliphatic heterocycles. The molecule has 0 aliphatic carbocycles. The average molecular weight is 690 g/mol. The summed E-state index contributed by atoms with van der Waals surface area (Å²) < 4.78 is 29.8. The third kappa shape index (κ3) is 5.71.